The van der Waals surface area contributed by atoms with Crippen LogP contribution in [0.4, 0.5) is 0 Å². The van der Waals surface area contributed by atoms with Crippen molar-refractivity contribution in [1.82, 2.24) is 4.98 Å². The summed E-state index contributed by atoms with van der Waals surface area (Å²) in [4.78, 5) is 4.21. The van der Waals surface area contributed by atoms with Crippen molar-refractivity contribution < 1.29 is 4.74 Å². The Balaban J connectivity index is 0.000000791. The minimum atomic E-state index is 0.764. The molecule has 1 aromatic rings. The third-order valence-corrected chi connectivity index (χ3v) is 2.22. The number of hydrogen-bond donors (Lipinski definition) is 0. The van der Waals surface area contributed by atoms with Gasteiger partial charge in [-0.2, -0.15) is 0 Å². The molecular weight excluding hydrogens is 174 g/mol. The van der Waals surface area contributed by atoms with Gasteiger partial charge < -0.3 is 4.74 Å². The largest absolute Gasteiger partial charge is 0.481 e. The Kier molecular flexibility index (Phi) is 5.93. The van der Waals surface area contributed by atoms with E-state index in [-0.39, 0.29) is 0 Å². The molecule has 0 aromatic carbocycles. The first-order valence-corrected chi connectivity index (χ1v) is 5.19. The predicted molar refractivity (Wildman–Crippen MR) is 61.0 cm³/mol. The Morgan fingerprint density at radius 3 is 2.29 bits per heavy atom. The highest BCUT2D eigenvalue weighted by molar-refractivity contribution is 5.38. The predicted octanol–water partition coefficient (Wildman–Crippen LogP) is 3.30. The number of ether oxygens (including phenoxy) is 1. The summed E-state index contributed by atoms with van der Waals surface area (Å²) in [6.45, 7) is 10.3. The second-order valence-electron chi connectivity index (χ2n) is 2.91. The monoisotopic (exact) mass is 195 g/mol. The Morgan fingerprint density at radius 1 is 1.29 bits per heavy atom. The SMILES string of the molecule is CC.CCc1c(OC)ncc(C)c1C. The molecule has 0 aliphatic rings. The molecule has 0 aliphatic carbocycles. The summed E-state index contributed by atoms with van der Waals surface area (Å²) in [5, 5.41) is 0. The molecule has 2 heteroatoms. The first kappa shape index (κ1) is 12.9. The van der Waals surface area contributed by atoms with Crippen molar-refractivity contribution in [3.8, 4) is 5.88 Å². The molecule has 0 spiro atoms. The lowest BCUT2D eigenvalue weighted by molar-refractivity contribution is 0.392. The van der Waals surface area contributed by atoms with Gasteiger partial charge in [0.2, 0.25) is 5.88 Å². The van der Waals surface area contributed by atoms with Crippen molar-refractivity contribution in [2.24, 2.45) is 0 Å². The average molecular weight is 195 g/mol. The molecule has 1 rings (SSSR count). The third kappa shape index (κ3) is 2.72. The molecule has 0 amide bonds. The van der Waals surface area contributed by atoms with Gasteiger partial charge >= 0.3 is 0 Å². The number of methoxy groups -OCH3 is 1. The van der Waals surface area contributed by atoms with E-state index in [4.69, 9.17) is 4.74 Å². The molecule has 0 N–H and O–H groups in total. The van der Waals surface area contributed by atoms with Gasteiger partial charge in [-0.15, -0.1) is 0 Å². The first-order valence-electron chi connectivity index (χ1n) is 5.19. The van der Waals surface area contributed by atoms with Crippen LogP contribution in [0.25, 0.3) is 0 Å². The zero-order valence-electron chi connectivity index (χ0n) is 10.1. The van der Waals surface area contributed by atoms with Gasteiger partial charge in [0, 0.05) is 11.8 Å². The lowest BCUT2D eigenvalue weighted by Crippen LogP contribution is -1.98. The molecule has 0 saturated carbocycles. The van der Waals surface area contributed by atoms with E-state index in [1.165, 1.54) is 16.7 Å². The molecule has 0 unspecified atom stereocenters. The molecule has 2 nitrogen and oxygen atoms in total. The minimum Gasteiger partial charge on any atom is -0.481 e. The van der Waals surface area contributed by atoms with Gasteiger partial charge in [0.05, 0.1) is 7.11 Å². The van der Waals surface area contributed by atoms with E-state index < -0.39 is 0 Å². The number of aromatic nitrogens is 1. The maximum Gasteiger partial charge on any atom is 0.216 e. The normalized spacial score (nSPS) is 9.00. The molecule has 1 heterocycles. The van der Waals surface area contributed by atoms with Gasteiger partial charge in [0.25, 0.3) is 0 Å². The van der Waals surface area contributed by atoms with Crippen molar-refractivity contribution >= 4 is 0 Å². The molecular formula is C12H21NO. The van der Waals surface area contributed by atoms with Crippen LogP contribution in [0.15, 0.2) is 6.20 Å². The van der Waals surface area contributed by atoms with Crippen LogP contribution in [0, 0.1) is 13.8 Å². The molecule has 80 valence electrons. The lowest BCUT2D eigenvalue weighted by atomic mass is 10.0. The van der Waals surface area contributed by atoms with Crippen molar-refractivity contribution in [2.75, 3.05) is 7.11 Å². The van der Waals surface area contributed by atoms with Crippen molar-refractivity contribution in [3.05, 3.63) is 22.9 Å². The van der Waals surface area contributed by atoms with Gasteiger partial charge in [-0.05, 0) is 31.4 Å². The molecule has 0 saturated heterocycles. The van der Waals surface area contributed by atoms with Crippen LogP contribution < -0.4 is 4.74 Å². The summed E-state index contributed by atoms with van der Waals surface area (Å²) in [6, 6.07) is 0. The highest BCUT2D eigenvalue weighted by atomic mass is 16.5. The van der Waals surface area contributed by atoms with Crippen LogP contribution in [-0.4, -0.2) is 12.1 Å². The lowest BCUT2D eigenvalue weighted by Gasteiger charge is -2.10. The van der Waals surface area contributed by atoms with Gasteiger partial charge in [-0.25, -0.2) is 4.98 Å². The summed E-state index contributed by atoms with van der Waals surface area (Å²) in [5.74, 6) is 0.764. The van der Waals surface area contributed by atoms with E-state index in [2.05, 4.69) is 25.8 Å². The van der Waals surface area contributed by atoms with Gasteiger partial charge in [0.1, 0.15) is 0 Å². The van der Waals surface area contributed by atoms with E-state index in [1.807, 2.05) is 20.0 Å². The number of rotatable bonds is 2. The second-order valence-corrected chi connectivity index (χ2v) is 2.91. The van der Waals surface area contributed by atoms with Gasteiger partial charge in [0.15, 0.2) is 0 Å². The van der Waals surface area contributed by atoms with Crippen molar-refractivity contribution in [3.63, 3.8) is 0 Å². The number of nitrogens with zero attached hydrogens (tertiary/aromatic N) is 1. The second kappa shape index (κ2) is 6.41. The summed E-state index contributed by atoms with van der Waals surface area (Å²) in [5.41, 5.74) is 3.74. The fourth-order valence-electron chi connectivity index (χ4n) is 1.32. The van der Waals surface area contributed by atoms with Crippen molar-refractivity contribution in [1.29, 1.82) is 0 Å². The van der Waals surface area contributed by atoms with E-state index in [0.717, 1.165) is 12.3 Å². The highest BCUT2D eigenvalue weighted by Crippen LogP contribution is 2.21. The standard InChI is InChI=1S/C10H15NO.C2H6/c1-5-9-8(3)7(2)6-11-10(9)12-4;1-2/h6H,5H2,1-4H3;1-2H3. The molecule has 0 atom stereocenters. The minimum absolute atomic E-state index is 0.764. The van der Waals surface area contributed by atoms with Crippen LogP contribution >= 0.6 is 0 Å². The quantitative estimate of drug-likeness (QED) is 0.722. The highest BCUT2D eigenvalue weighted by Gasteiger charge is 2.06. The van der Waals surface area contributed by atoms with E-state index in [0.29, 0.717) is 0 Å². The molecule has 0 fully saturated rings. The van der Waals surface area contributed by atoms with Crippen LogP contribution in [-0.2, 0) is 6.42 Å². The van der Waals surface area contributed by atoms with Crippen molar-refractivity contribution in [2.45, 2.75) is 41.0 Å². The summed E-state index contributed by atoms with van der Waals surface area (Å²) in [7, 11) is 1.66. The Hall–Kier alpha value is -1.05. The van der Waals surface area contributed by atoms with E-state index >= 15 is 0 Å². The number of hydrogen-bond acceptors (Lipinski definition) is 2. The summed E-state index contributed by atoms with van der Waals surface area (Å²) >= 11 is 0. The zero-order chi connectivity index (χ0) is 11.1. The fourth-order valence-corrected chi connectivity index (χ4v) is 1.32. The first-order chi connectivity index (χ1) is 6.70. The Labute approximate surface area is 87.3 Å². The van der Waals surface area contributed by atoms with Gasteiger partial charge in [-0.1, -0.05) is 20.8 Å². The van der Waals surface area contributed by atoms with Crippen LogP contribution in [0.3, 0.4) is 0 Å². The van der Waals surface area contributed by atoms with E-state index in [9.17, 15) is 0 Å². The van der Waals surface area contributed by atoms with Crippen LogP contribution in [0.2, 0.25) is 0 Å². The maximum atomic E-state index is 5.16. The smallest absolute Gasteiger partial charge is 0.216 e. The van der Waals surface area contributed by atoms with E-state index in [1.54, 1.807) is 7.11 Å². The summed E-state index contributed by atoms with van der Waals surface area (Å²) < 4.78 is 5.16. The molecule has 0 bridgehead atoms. The van der Waals surface area contributed by atoms with Crippen LogP contribution in [0.5, 0.6) is 5.88 Å². The molecule has 1 aromatic heterocycles. The molecule has 14 heavy (non-hydrogen) atoms. The van der Waals surface area contributed by atoms with Crippen LogP contribution in [0.1, 0.15) is 37.5 Å². The molecule has 0 radical (unpaired) electrons. The van der Waals surface area contributed by atoms with Gasteiger partial charge in [-0.3, -0.25) is 0 Å². The Morgan fingerprint density at radius 2 is 1.86 bits per heavy atom. The fraction of sp³-hybridized carbons (Fsp3) is 0.583. The number of pyridine rings is 1. The topological polar surface area (TPSA) is 22.1 Å². The average Bonchev–Trinajstić information content (AvgIpc) is 2.24. The zero-order valence-corrected chi connectivity index (χ0v) is 10.1. The number of aryl methyl sites for hydroxylation is 1. The Bertz CT molecular complexity index is 282. The third-order valence-electron chi connectivity index (χ3n) is 2.22. The molecule has 0 aliphatic heterocycles. The maximum absolute atomic E-state index is 5.16. The summed E-state index contributed by atoms with van der Waals surface area (Å²) in [6.07, 6.45) is 2.83.